The Morgan fingerprint density at radius 1 is 0.773 bits per heavy atom. The highest BCUT2D eigenvalue weighted by Crippen LogP contribution is 2.29. The first-order valence-electron chi connectivity index (χ1n) is 7.90. The molecule has 0 aliphatic carbocycles. The van der Waals surface area contributed by atoms with Gasteiger partial charge in [0.05, 0.1) is 0 Å². The molecule has 0 atom stereocenters. The number of para-hydroxylation sites is 1. The Balaban J connectivity index is 1.93. The third kappa shape index (κ3) is 3.48. The number of unbranched alkanes of at least 4 members (excludes halogenated alkanes) is 2. The Bertz CT molecular complexity index is 731. The maximum Gasteiger partial charge on any atom is 0.128 e. The summed E-state index contributed by atoms with van der Waals surface area (Å²) in [6.45, 7) is 3.93. The average Bonchev–Trinajstić information content (AvgIpc) is 2.56. The molecule has 0 saturated heterocycles. The summed E-state index contributed by atoms with van der Waals surface area (Å²) >= 11 is 0. The Morgan fingerprint density at radius 3 is 2.36 bits per heavy atom. The van der Waals surface area contributed by atoms with Crippen molar-refractivity contribution < 1.29 is 4.74 Å². The number of hydrogen-bond donors (Lipinski definition) is 0. The number of benzene rings is 3. The van der Waals surface area contributed by atoms with E-state index in [1.54, 1.807) is 0 Å². The molecule has 1 heteroatoms. The molecule has 0 heterocycles. The van der Waals surface area contributed by atoms with Crippen molar-refractivity contribution in [3.63, 3.8) is 0 Å². The minimum atomic E-state index is 0.876. The first kappa shape index (κ1) is 14.6. The van der Waals surface area contributed by atoms with Gasteiger partial charge in [-0.2, -0.15) is 0 Å². The van der Waals surface area contributed by atoms with Gasteiger partial charge in [-0.3, -0.25) is 0 Å². The van der Waals surface area contributed by atoms with E-state index in [0.29, 0.717) is 0 Å². The topological polar surface area (TPSA) is 9.23 Å². The van der Waals surface area contributed by atoms with E-state index in [1.165, 1.54) is 22.8 Å². The van der Waals surface area contributed by atoms with Crippen LogP contribution in [0.2, 0.25) is 0 Å². The highest BCUT2D eigenvalue weighted by Gasteiger charge is 2.06. The fourth-order valence-electron chi connectivity index (χ4n) is 2.74. The molecule has 1 nitrogen and oxygen atoms in total. The van der Waals surface area contributed by atoms with Crippen molar-refractivity contribution in [2.45, 2.75) is 25.7 Å². The van der Waals surface area contributed by atoms with Gasteiger partial charge in [0.25, 0.3) is 0 Å². The van der Waals surface area contributed by atoms with Crippen LogP contribution in [-0.4, -0.2) is 0 Å². The molecule has 3 rings (SSSR count). The summed E-state index contributed by atoms with van der Waals surface area (Å²) < 4.78 is 6.02. The molecule has 0 amide bonds. The molecule has 0 spiro atoms. The number of hydrogen-bond acceptors (Lipinski definition) is 1. The molecule has 0 aromatic heterocycles. The lowest BCUT2D eigenvalue weighted by atomic mass is 9.99. The monoisotopic (exact) mass is 289 g/mol. The number of rotatable bonds is 6. The Labute approximate surface area is 132 Å². The Kier molecular flexibility index (Phi) is 4.75. The van der Waals surface area contributed by atoms with Crippen molar-refractivity contribution in [3.8, 4) is 11.5 Å². The predicted molar refractivity (Wildman–Crippen MR) is 93.4 cm³/mol. The fraction of sp³-hybridized carbons (Fsp3) is 0.190. The van der Waals surface area contributed by atoms with Crippen LogP contribution in [0.5, 0.6) is 11.5 Å². The van der Waals surface area contributed by atoms with Gasteiger partial charge in [-0.25, -0.2) is 0 Å². The van der Waals surface area contributed by atoms with Crippen LogP contribution in [0, 0.1) is 6.92 Å². The molecule has 0 unspecified atom stereocenters. The summed E-state index contributed by atoms with van der Waals surface area (Å²) in [6.07, 6.45) is 4.40. The lowest BCUT2D eigenvalue weighted by Crippen LogP contribution is -1.91. The molecule has 3 aromatic rings. The van der Waals surface area contributed by atoms with Crippen LogP contribution >= 0.6 is 0 Å². The van der Waals surface area contributed by atoms with Gasteiger partial charge in [-0.15, -0.1) is 0 Å². The van der Waals surface area contributed by atoms with Crippen LogP contribution in [0.15, 0.2) is 66.7 Å². The minimum Gasteiger partial charge on any atom is -0.457 e. The maximum absolute atomic E-state index is 6.02. The third-order valence-corrected chi connectivity index (χ3v) is 3.85. The van der Waals surface area contributed by atoms with Gasteiger partial charge < -0.3 is 4.74 Å². The highest BCUT2D eigenvalue weighted by atomic mass is 16.5. The molecule has 0 aliphatic rings. The van der Waals surface area contributed by atoms with E-state index in [0.717, 1.165) is 30.8 Å². The molecule has 0 fully saturated rings. The molecule has 0 bridgehead atoms. The third-order valence-electron chi connectivity index (χ3n) is 3.85. The highest BCUT2D eigenvalue weighted by molar-refractivity contribution is 5.87. The van der Waals surface area contributed by atoms with Crippen molar-refractivity contribution >= 4 is 10.8 Å². The van der Waals surface area contributed by atoms with Gasteiger partial charge in [-0.1, -0.05) is 62.2 Å². The summed E-state index contributed by atoms with van der Waals surface area (Å²) in [7, 11) is 0. The van der Waals surface area contributed by atoms with Gasteiger partial charge in [-0.05, 0) is 53.4 Å². The van der Waals surface area contributed by atoms with E-state index in [4.69, 9.17) is 4.74 Å². The smallest absolute Gasteiger partial charge is 0.128 e. The van der Waals surface area contributed by atoms with E-state index in [9.17, 15) is 0 Å². The van der Waals surface area contributed by atoms with Crippen molar-refractivity contribution in [1.29, 1.82) is 0 Å². The minimum absolute atomic E-state index is 0.876. The lowest BCUT2D eigenvalue weighted by Gasteiger charge is -2.11. The first-order valence-corrected chi connectivity index (χ1v) is 7.90. The SMILES string of the molecule is [CH2]CCCCc1cc(Oc2ccccc2)cc2ccccc12. The van der Waals surface area contributed by atoms with E-state index in [1.807, 2.05) is 30.3 Å². The zero-order valence-electron chi connectivity index (χ0n) is 12.8. The fourth-order valence-corrected chi connectivity index (χ4v) is 2.74. The second-order valence-corrected chi connectivity index (χ2v) is 5.53. The summed E-state index contributed by atoms with van der Waals surface area (Å²) in [4.78, 5) is 0. The Hall–Kier alpha value is -2.28. The first-order chi connectivity index (χ1) is 10.9. The molecule has 0 aliphatic heterocycles. The van der Waals surface area contributed by atoms with Crippen LogP contribution in [0.3, 0.4) is 0 Å². The zero-order valence-corrected chi connectivity index (χ0v) is 12.8. The van der Waals surface area contributed by atoms with Gasteiger partial charge in [0, 0.05) is 0 Å². The predicted octanol–water partition coefficient (Wildman–Crippen LogP) is 6.18. The summed E-state index contributed by atoms with van der Waals surface area (Å²) in [5.74, 6) is 1.79. The summed E-state index contributed by atoms with van der Waals surface area (Å²) in [6, 6.07) is 22.8. The van der Waals surface area contributed by atoms with Gasteiger partial charge in [0.1, 0.15) is 11.5 Å². The second-order valence-electron chi connectivity index (χ2n) is 5.53. The molecule has 0 saturated carbocycles. The van der Waals surface area contributed by atoms with Crippen LogP contribution in [0.1, 0.15) is 24.8 Å². The van der Waals surface area contributed by atoms with E-state index in [-0.39, 0.29) is 0 Å². The van der Waals surface area contributed by atoms with E-state index < -0.39 is 0 Å². The van der Waals surface area contributed by atoms with Gasteiger partial charge >= 0.3 is 0 Å². The molecule has 111 valence electrons. The summed E-state index contributed by atoms with van der Waals surface area (Å²) in [5.41, 5.74) is 1.36. The van der Waals surface area contributed by atoms with Crippen molar-refractivity contribution in [2.24, 2.45) is 0 Å². The largest absolute Gasteiger partial charge is 0.457 e. The van der Waals surface area contributed by atoms with Crippen LogP contribution in [0.4, 0.5) is 0 Å². The maximum atomic E-state index is 6.02. The van der Waals surface area contributed by atoms with Crippen LogP contribution in [0.25, 0.3) is 10.8 Å². The van der Waals surface area contributed by atoms with Crippen molar-refractivity contribution in [1.82, 2.24) is 0 Å². The second kappa shape index (κ2) is 7.13. The quantitative estimate of drug-likeness (QED) is 0.492. The molecular weight excluding hydrogens is 268 g/mol. The van der Waals surface area contributed by atoms with Crippen LogP contribution in [-0.2, 0) is 6.42 Å². The molecular formula is C21H21O. The van der Waals surface area contributed by atoms with Crippen LogP contribution < -0.4 is 4.74 Å². The average molecular weight is 289 g/mol. The lowest BCUT2D eigenvalue weighted by molar-refractivity contribution is 0.482. The van der Waals surface area contributed by atoms with E-state index in [2.05, 4.69) is 43.3 Å². The number of ether oxygens (including phenoxy) is 1. The standard InChI is InChI=1S/C21H21O/c1-2-3-5-10-17-15-20(22-19-12-6-4-7-13-19)16-18-11-8-9-14-21(17)18/h4,6-9,11-16H,1-3,5,10H2. The molecule has 3 aromatic carbocycles. The number of fused-ring (bicyclic) bond motifs is 1. The number of aryl methyl sites for hydroxylation is 1. The van der Waals surface area contributed by atoms with Gasteiger partial charge in [0.2, 0.25) is 0 Å². The normalized spacial score (nSPS) is 10.8. The van der Waals surface area contributed by atoms with Crippen molar-refractivity contribution in [2.75, 3.05) is 0 Å². The molecule has 1 radical (unpaired) electrons. The zero-order chi connectivity index (χ0) is 15.2. The molecule has 0 N–H and O–H groups in total. The van der Waals surface area contributed by atoms with Gasteiger partial charge in [0.15, 0.2) is 0 Å². The Morgan fingerprint density at radius 2 is 1.55 bits per heavy atom. The molecule has 22 heavy (non-hydrogen) atoms. The summed E-state index contributed by atoms with van der Waals surface area (Å²) in [5, 5.41) is 2.56. The van der Waals surface area contributed by atoms with Crippen molar-refractivity contribution in [3.05, 3.63) is 79.2 Å². The van der Waals surface area contributed by atoms with E-state index >= 15 is 0 Å².